The number of alkyl halides is 3. The number of aliphatic carboxylic acids is 2. The fraction of sp³-hybridized carbons (Fsp3) is 0.318. The van der Waals surface area contributed by atoms with Crippen molar-refractivity contribution < 1.29 is 56.8 Å². The number of fused-ring (bicyclic) bond motifs is 1. The lowest BCUT2D eigenvalue weighted by Crippen LogP contribution is -2.40. The Hall–Kier alpha value is -5.97. The van der Waals surface area contributed by atoms with E-state index in [-0.39, 0.29) is 29.9 Å². The summed E-state index contributed by atoms with van der Waals surface area (Å²) in [6.45, 7) is 7.20. The van der Waals surface area contributed by atoms with Gasteiger partial charge in [-0.1, -0.05) is 74.5 Å². The molecule has 16 heteroatoms. The first-order valence-corrected chi connectivity index (χ1v) is 19.1. The van der Waals surface area contributed by atoms with Gasteiger partial charge in [-0.25, -0.2) is 18.4 Å². The van der Waals surface area contributed by atoms with E-state index in [4.69, 9.17) is 20.4 Å². The number of halogens is 5. The van der Waals surface area contributed by atoms with Crippen LogP contribution in [-0.2, 0) is 46.5 Å². The molecular weight excluding hydrogens is 793 g/mol. The topological polar surface area (TPSA) is 161 Å². The zero-order valence-electron chi connectivity index (χ0n) is 32.9. The number of aliphatic hydroxyl groups is 2. The summed E-state index contributed by atoms with van der Waals surface area (Å²) in [6, 6.07) is 23.6. The van der Waals surface area contributed by atoms with Crippen LogP contribution in [0.25, 0.3) is 22.0 Å². The Morgan fingerprint density at radius 1 is 0.733 bits per heavy atom. The van der Waals surface area contributed by atoms with Crippen molar-refractivity contribution in [2.24, 2.45) is 0 Å². The van der Waals surface area contributed by atoms with Gasteiger partial charge in [-0.2, -0.15) is 13.2 Å². The Morgan fingerprint density at radius 2 is 1.30 bits per heavy atom. The highest BCUT2D eigenvalue weighted by molar-refractivity contribution is 5.83. The average Bonchev–Trinajstić information content (AvgIpc) is 3.23. The molecule has 0 saturated carbocycles. The number of hydrogen-bond acceptors (Lipinski definition) is 7. The van der Waals surface area contributed by atoms with Crippen molar-refractivity contribution in [3.05, 3.63) is 141 Å². The van der Waals surface area contributed by atoms with Crippen LogP contribution in [0.4, 0.5) is 22.0 Å². The van der Waals surface area contributed by atoms with Gasteiger partial charge in [-0.3, -0.25) is 9.59 Å². The van der Waals surface area contributed by atoms with Crippen molar-refractivity contribution in [1.29, 1.82) is 0 Å². The molecule has 2 atom stereocenters. The predicted molar refractivity (Wildman–Crippen MR) is 214 cm³/mol. The van der Waals surface area contributed by atoms with Gasteiger partial charge in [0.2, 0.25) is 5.91 Å². The maximum Gasteiger partial charge on any atom is 0.416 e. The summed E-state index contributed by atoms with van der Waals surface area (Å²) in [7, 11) is 0. The summed E-state index contributed by atoms with van der Waals surface area (Å²) in [5, 5.41) is 33.0. The van der Waals surface area contributed by atoms with Crippen molar-refractivity contribution in [2.45, 2.75) is 64.6 Å². The molecule has 11 nitrogen and oxygen atoms in total. The number of benzene rings is 4. The van der Waals surface area contributed by atoms with Crippen LogP contribution in [0.5, 0.6) is 0 Å². The van der Waals surface area contributed by atoms with E-state index in [0.717, 1.165) is 42.4 Å². The van der Waals surface area contributed by atoms with Crippen LogP contribution in [0, 0.1) is 11.6 Å². The van der Waals surface area contributed by atoms with E-state index in [1.807, 2.05) is 30.3 Å². The summed E-state index contributed by atoms with van der Waals surface area (Å²) in [5.41, 5.74) is 2.77. The number of carbonyl (C=O) groups is 3. The van der Waals surface area contributed by atoms with Crippen molar-refractivity contribution >= 4 is 28.7 Å². The summed E-state index contributed by atoms with van der Waals surface area (Å²) in [4.78, 5) is 51.0. The van der Waals surface area contributed by atoms with Crippen molar-refractivity contribution in [2.75, 3.05) is 26.2 Å². The van der Waals surface area contributed by atoms with Gasteiger partial charge in [0.1, 0.15) is 6.54 Å². The molecule has 0 aliphatic rings. The summed E-state index contributed by atoms with van der Waals surface area (Å²) in [5.74, 6) is -5.47. The summed E-state index contributed by atoms with van der Waals surface area (Å²) in [6.07, 6.45) is -6.24. The number of amides is 1. The molecule has 0 bridgehead atoms. The molecule has 0 aliphatic carbocycles. The van der Waals surface area contributed by atoms with Gasteiger partial charge in [0, 0.05) is 36.8 Å². The van der Waals surface area contributed by atoms with Crippen LogP contribution in [0.15, 0.2) is 102 Å². The lowest BCUT2D eigenvalue weighted by molar-refractivity contribution is -0.165. The van der Waals surface area contributed by atoms with Gasteiger partial charge in [0.15, 0.2) is 29.3 Å². The fourth-order valence-corrected chi connectivity index (χ4v) is 6.41. The Bertz CT molecular complexity index is 2280. The molecule has 0 spiro atoms. The lowest BCUT2D eigenvalue weighted by atomic mass is 10.0. The second kappa shape index (κ2) is 21.3. The molecule has 5 aromatic rings. The fourth-order valence-electron chi connectivity index (χ4n) is 6.41. The van der Waals surface area contributed by atoms with Gasteiger partial charge in [-0.15, -0.1) is 0 Å². The average molecular weight is 840 g/mol. The van der Waals surface area contributed by atoms with E-state index in [1.54, 1.807) is 33.9 Å². The highest BCUT2D eigenvalue weighted by Gasteiger charge is 2.30. The van der Waals surface area contributed by atoms with Crippen molar-refractivity contribution in [3.8, 4) is 11.1 Å². The Balaban J connectivity index is 0.000000703. The molecule has 0 radical (unpaired) electrons. The molecule has 320 valence electrons. The van der Waals surface area contributed by atoms with Gasteiger partial charge >= 0.3 is 18.1 Å². The van der Waals surface area contributed by atoms with Crippen LogP contribution < -0.4 is 5.43 Å². The van der Waals surface area contributed by atoms with E-state index >= 15 is 0 Å². The number of carboxylic acids is 2. The third-order valence-corrected chi connectivity index (χ3v) is 9.90. The van der Waals surface area contributed by atoms with E-state index in [2.05, 4.69) is 18.7 Å². The lowest BCUT2D eigenvalue weighted by Gasteiger charge is -2.27. The van der Waals surface area contributed by atoms with E-state index < -0.39 is 47.5 Å². The normalized spacial score (nSPS) is 12.4. The van der Waals surface area contributed by atoms with E-state index in [9.17, 15) is 41.1 Å². The number of para-hydroxylation sites is 1. The van der Waals surface area contributed by atoms with Gasteiger partial charge in [0.05, 0.1) is 11.1 Å². The molecule has 1 aromatic heterocycles. The number of pyridine rings is 1. The number of nitrogens with zero attached hydrogens (tertiary/aromatic N) is 3. The molecule has 2 unspecified atom stereocenters. The minimum Gasteiger partial charge on any atom is -0.479 e. The maximum atomic E-state index is 14.2. The third-order valence-electron chi connectivity index (χ3n) is 9.90. The summed E-state index contributed by atoms with van der Waals surface area (Å²) >= 11 is 0. The van der Waals surface area contributed by atoms with Crippen LogP contribution >= 0.6 is 0 Å². The zero-order valence-corrected chi connectivity index (χ0v) is 32.9. The second-order valence-electron chi connectivity index (χ2n) is 13.9. The number of aryl methyl sites for hydroxylation is 2. The summed E-state index contributed by atoms with van der Waals surface area (Å²) < 4.78 is 68.8. The molecular formula is C44H46F5N3O8. The minimum absolute atomic E-state index is 0.0196. The second-order valence-corrected chi connectivity index (χ2v) is 13.9. The Morgan fingerprint density at radius 3 is 1.87 bits per heavy atom. The number of aromatic nitrogens is 1. The van der Waals surface area contributed by atoms with Gasteiger partial charge < -0.3 is 34.8 Å². The standard InChI is InChI=1S/C40H40F5N3O2.C4H6O6/c1-3-46(4-2)23-24-47(25-28-15-17-29(18-16-28)30-19-21-33(22-20-30)40(43,44)45)37(49)27-48-26-32(39(50)34-12-5-6-14-36(34)48)11-7-9-31-10-8-13-35(41)38(31)42;5-1(3(7)8)2(6)4(9)10/h5-6,8,10,12-22,26H,3-4,7,9,11,23-25,27H2,1-2H3;1-2,5-6H,(H,7,8)(H,9,10). The Labute approximate surface area is 342 Å². The van der Waals surface area contributed by atoms with E-state index in [0.29, 0.717) is 54.5 Å². The number of carboxylic acid groups (broad SMARTS) is 2. The third kappa shape index (κ3) is 12.5. The van der Waals surface area contributed by atoms with Gasteiger partial charge in [0.25, 0.3) is 0 Å². The smallest absolute Gasteiger partial charge is 0.416 e. The monoisotopic (exact) mass is 839 g/mol. The van der Waals surface area contributed by atoms with Gasteiger partial charge in [-0.05, 0) is 84.9 Å². The van der Waals surface area contributed by atoms with Crippen LogP contribution in [-0.4, -0.2) is 91.0 Å². The first kappa shape index (κ1) is 46.7. The quantitative estimate of drug-likeness (QED) is 0.0779. The molecule has 60 heavy (non-hydrogen) atoms. The van der Waals surface area contributed by atoms with E-state index in [1.165, 1.54) is 24.3 Å². The van der Waals surface area contributed by atoms with Crippen LogP contribution in [0.1, 0.15) is 42.5 Å². The maximum absolute atomic E-state index is 14.2. The zero-order chi connectivity index (χ0) is 44.1. The first-order chi connectivity index (χ1) is 28.4. The Kier molecular flexibility index (Phi) is 16.6. The molecule has 4 N–H and O–H groups in total. The van der Waals surface area contributed by atoms with Crippen LogP contribution in [0.3, 0.4) is 0 Å². The number of aliphatic hydroxyl groups excluding tert-OH is 2. The molecule has 4 aromatic carbocycles. The first-order valence-electron chi connectivity index (χ1n) is 19.1. The number of hydrogen-bond donors (Lipinski definition) is 4. The highest BCUT2D eigenvalue weighted by atomic mass is 19.4. The predicted octanol–water partition coefficient (Wildman–Crippen LogP) is 6.39. The van der Waals surface area contributed by atoms with Crippen molar-refractivity contribution in [1.82, 2.24) is 14.4 Å². The largest absolute Gasteiger partial charge is 0.479 e. The molecule has 1 amide bonds. The number of carbonyl (C=O) groups excluding carboxylic acids is 1. The highest BCUT2D eigenvalue weighted by Crippen LogP contribution is 2.31. The number of rotatable bonds is 17. The minimum atomic E-state index is -4.41. The molecule has 1 heterocycles. The van der Waals surface area contributed by atoms with Crippen LogP contribution in [0.2, 0.25) is 0 Å². The number of likely N-dealkylation sites (N-methyl/N-ethyl adjacent to an activating group) is 1. The molecule has 0 fully saturated rings. The SMILES string of the molecule is CCN(CC)CCN(Cc1ccc(-c2ccc(C(F)(F)F)cc2)cc1)C(=O)Cn1cc(CCCc2cccc(F)c2F)c(=O)c2ccccc21.O=C(O)C(O)C(O)C(=O)O. The molecule has 0 saturated heterocycles. The molecule has 5 rings (SSSR count). The van der Waals surface area contributed by atoms with Crippen molar-refractivity contribution in [3.63, 3.8) is 0 Å². The molecule has 0 aliphatic heterocycles.